The monoisotopic (exact) mass is 307 g/mol. The van der Waals surface area contributed by atoms with Gasteiger partial charge in [-0.25, -0.2) is 0 Å². The van der Waals surface area contributed by atoms with Crippen LogP contribution in [0, 0.1) is 0 Å². The minimum atomic E-state index is 0.301. The number of likely N-dealkylation sites (tertiary alicyclic amines) is 1. The van der Waals surface area contributed by atoms with Crippen LogP contribution in [0.25, 0.3) is 11.5 Å². The normalized spacial score (nSPS) is 18.3. The lowest BCUT2D eigenvalue weighted by Gasteiger charge is -2.14. The van der Waals surface area contributed by atoms with E-state index in [1.165, 1.54) is 5.56 Å². The maximum absolute atomic E-state index is 5.86. The number of rotatable bonds is 4. The van der Waals surface area contributed by atoms with Gasteiger partial charge in [-0.15, -0.1) is 10.2 Å². The van der Waals surface area contributed by atoms with Gasteiger partial charge in [0.1, 0.15) is 0 Å². The lowest BCUT2D eigenvalue weighted by atomic mass is 10.1. The molecule has 3 aromatic rings. The van der Waals surface area contributed by atoms with Crippen molar-refractivity contribution in [2.45, 2.75) is 18.9 Å². The van der Waals surface area contributed by atoms with Crippen molar-refractivity contribution in [3.05, 3.63) is 60.5 Å². The van der Waals surface area contributed by atoms with Crippen molar-refractivity contribution in [1.29, 1.82) is 0 Å². The van der Waals surface area contributed by atoms with E-state index in [1.54, 1.807) is 18.6 Å². The van der Waals surface area contributed by atoms with Gasteiger partial charge in [-0.1, -0.05) is 6.07 Å². The van der Waals surface area contributed by atoms with Crippen LogP contribution in [0.4, 0.5) is 0 Å². The van der Waals surface area contributed by atoms with Gasteiger partial charge in [0.2, 0.25) is 11.8 Å². The highest BCUT2D eigenvalue weighted by Gasteiger charge is 2.28. The Bertz CT molecular complexity index is 759. The minimum Gasteiger partial charge on any atom is -0.420 e. The molecular weight excluding hydrogens is 290 g/mol. The molecule has 0 aliphatic carbocycles. The van der Waals surface area contributed by atoms with Crippen LogP contribution in [0.3, 0.4) is 0 Å². The molecule has 6 heteroatoms. The van der Waals surface area contributed by atoms with Gasteiger partial charge in [-0.3, -0.25) is 14.9 Å². The summed E-state index contributed by atoms with van der Waals surface area (Å²) < 4.78 is 5.86. The maximum atomic E-state index is 5.86. The van der Waals surface area contributed by atoms with Crippen LogP contribution >= 0.6 is 0 Å². The molecule has 0 unspecified atom stereocenters. The Morgan fingerprint density at radius 1 is 1.09 bits per heavy atom. The quantitative estimate of drug-likeness (QED) is 0.738. The van der Waals surface area contributed by atoms with E-state index in [-0.39, 0.29) is 0 Å². The number of nitrogens with zero attached hydrogens (tertiary/aromatic N) is 5. The van der Waals surface area contributed by atoms with E-state index in [4.69, 9.17) is 4.42 Å². The number of hydrogen-bond donors (Lipinski definition) is 0. The molecule has 1 aliphatic rings. The maximum Gasteiger partial charge on any atom is 0.247 e. The van der Waals surface area contributed by atoms with E-state index in [9.17, 15) is 0 Å². The number of hydrogen-bond acceptors (Lipinski definition) is 6. The molecular formula is C17H17N5O. The summed E-state index contributed by atoms with van der Waals surface area (Å²) in [7, 11) is 0. The average Bonchev–Trinajstić information content (AvgIpc) is 3.26. The molecule has 6 nitrogen and oxygen atoms in total. The lowest BCUT2D eigenvalue weighted by molar-refractivity contribution is 0.320. The molecule has 116 valence electrons. The first-order valence-electron chi connectivity index (χ1n) is 7.73. The molecule has 1 fully saturated rings. The Morgan fingerprint density at radius 2 is 2.00 bits per heavy atom. The van der Waals surface area contributed by atoms with E-state index in [1.807, 2.05) is 24.4 Å². The summed E-state index contributed by atoms with van der Waals surface area (Å²) in [6, 6.07) is 7.83. The molecule has 1 atom stereocenters. The van der Waals surface area contributed by atoms with Crippen LogP contribution in [0.15, 0.2) is 53.5 Å². The topological polar surface area (TPSA) is 67.9 Å². The van der Waals surface area contributed by atoms with Crippen LogP contribution in [0.5, 0.6) is 0 Å². The van der Waals surface area contributed by atoms with Gasteiger partial charge < -0.3 is 4.42 Å². The fraction of sp³-hybridized carbons (Fsp3) is 0.294. The highest BCUT2D eigenvalue weighted by Crippen LogP contribution is 2.29. The zero-order chi connectivity index (χ0) is 15.5. The summed E-state index contributed by atoms with van der Waals surface area (Å²) >= 11 is 0. The number of aromatic nitrogens is 4. The summed E-state index contributed by atoms with van der Waals surface area (Å²) in [6.45, 7) is 2.88. The Morgan fingerprint density at radius 3 is 2.83 bits per heavy atom. The zero-order valence-corrected chi connectivity index (χ0v) is 12.7. The van der Waals surface area contributed by atoms with Crippen molar-refractivity contribution in [1.82, 2.24) is 25.1 Å². The summed E-state index contributed by atoms with van der Waals surface area (Å²) in [5, 5.41) is 8.41. The second-order valence-electron chi connectivity index (χ2n) is 5.76. The standard InChI is InChI=1S/C17H17N5O/c1-2-13(10-19-6-1)11-22-9-5-15(12-22)17-21-20-16(23-17)14-3-7-18-8-4-14/h1-4,6-8,10,15H,5,9,11-12H2/t15-/m0/s1. The van der Waals surface area contributed by atoms with E-state index >= 15 is 0 Å². The molecule has 0 amide bonds. The van der Waals surface area contributed by atoms with Crippen LogP contribution in [0.1, 0.15) is 23.8 Å². The van der Waals surface area contributed by atoms with E-state index in [0.717, 1.165) is 37.5 Å². The van der Waals surface area contributed by atoms with E-state index < -0.39 is 0 Å². The molecule has 1 aliphatic heterocycles. The molecule has 0 N–H and O–H groups in total. The lowest BCUT2D eigenvalue weighted by Crippen LogP contribution is -2.19. The predicted molar refractivity (Wildman–Crippen MR) is 84.4 cm³/mol. The Labute approximate surface area is 134 Å². The van der Waals surface area contributed by atoms with Crippen LogP contribution in [0.2, 0.25) is 0 Å². The molecule has 3 aromatic heterocycles. The fourth-order valence-corrected chi connectivity index (χ4v) is 2.94. The van der Waals surface area contributed by atoms with Crippen molar-refractivity contribution in [3.63, 3.8) is 0 Å². The van der Waals surface area contributed by atoms with E-state index in [2.05, 4.69) is 31.1 Å². The second kappa shape index (κ2) is 6.26. The highest BCUT2D eigenvalue weighted by atomic mass is 16.4. The third-order valence-corrected chi connectivity index (χ3v) is 4.12. The van der Waals surface area contributed by atoms with E-state index in [0.29, 0.717) is 11.8 Å². The van der Waals surface area contributed by atoms with Gasteiger partial charge in [-0.05, 0) is 36.7 Å². The third kappa shape index (κ3) is 3.12. The molecule has 0 aromatic carbocycles. The first-order valence-corrected chi connectivity index (χ1v) is 7.73. The van der Waals surface area contributed by atoms with Gasteiger partial charge in [-0.2, -0.15) is 0 Å². The Hall–Kier alpha value is -2.60. The second-order valence-corrected chi connectivity index (χ2v) is 5.76. The molecule has 0 radical (unpaired) electrons. The number of pyridine rings is 2. The molecule has 0 bridgehead atoms. The van der Waals surface area contributed by atoms with Gasteiger partial charge >= 0.3 is 0 Å². The van der Waals surface area contributed by atoms with Crippen LogP contribution in [-0.2, 0) is 6.54 Å². The summed E-state index contributed by atoms with van der Waals surface area (Å²) in [4.78, 5) is 10.6. The van der Waals surface area contributed by atoms with Crippen molar-refractivity contribution in [2.24, 2.45) is 0 Å². The predicted octanol–water partition coefficient (Wildman–Crippen LogP) is 2.52. The van der Waals surface area contributed by atoms with Crippen LogP contribution in [-0.4, -0.2) is 38.2 Å². The fourth-order valence-electron chi connectivity index (χ4n) is 2.94. The molecule has 0 spiro atoms. The van der Waals surface area contributed by atoms with Crippen LogP contribution < -0.4 is 0 Å². The largest absolute Gasteiger partial charge is 0.420 e. The first kappa shape index (κ1) is 14.0. The summed E-state index contributed by atoms with van der Waals surface area (Å²) in [6.07, 6.45) is 8.21. The van der Waals surface area contributed by atoms with Gasteiger partial charge in [0.15, 0.2) is 0 Å². The smallest absolute Gasteiger partial charge is 0.247 e. The van der Waals surface area contributed by atoms with Gasteiger partial charge in [0, 0.05) is 43.4 Å². The molecule has 23 heavy (non-hydrogen) atoms. The van der Waals surface area contributed by atoms with Crippen molar-refractivity contribution < 1.29 is 4.42 Å². The zero-order valence-electron chi connectivity index (χ0n) is 12.7. The Balaban J connectivity index is 1.43. The summed E-state index contributed by atoms with van der Waals surface area (Å²) in [5.41, 5.74) is 2.14. The molecule has 4 heterocycles. The third-order valence-electron chi connectivity index (χ3n) is 4.12. The molecule has 1 saturated heterocycles. The average molecular weight is 307 g/mol. The SMILES string of the molecule is c1cncc(CN2CC[C@H](c3nnc(-c4ccncc4)o3)C2)c1. The molecule has 0 saturated carbocycles. The first-order chi connectivity index (χ1) is 11.4. The molecule has 4 rings (SSSR count). The van der Waals surface area contributed by atoms with Crippen molar-refractivity contribution >= 4 is 0 Å². The van der Waals surface area contributed by atoms with Crippen molar-refractivity contribution in [3.8, 4) is 11.5 Å². The highest BCUT2D eigenvalue weighted by molar-refractivity contribution is 5.50. The Kier molecular flexibility index (Phi) is 3.81. The van der Waals surface area contributed by atoms with Gasteiger partial charge in [0.05, 0.1) is 5.92 Å². The minimum absolute atomic E-state index is 0.301. The van der Waals surface area contributed by atoms with Gasteiger partial charge in [0.25, 0.3) is 0 Å². The summed E-state index contributed by atoms with van der Waals surface area (Å²) in [5.74, 6) is 1.59. The van der Waals surface area contributed by atoms with Crippen molar-refractivity contribution in [2.75, 3.05) is 13.1 Å².